The van der Waals surface area contributed by atoms with E-state index in [2.05, 4.69) is 0 Å². The highest BCUT2D eigenvalue weighted by Crippen LogP contribution is 2.35. The number of hydrogen-bond acceptors (Lipinski definition) is 23. The minimum absolute atomic E-state index is 0.152. The van der Waals surface area contributed by atoms with Crippen LogP contribution in [0.3, 0.4) is 0 Å². The monoisotopic (exact) mass is 982 g/mol. The highest BCUT2D eigenvalue weighted by atomic mass is 16.8. The van der Waals surface area contributed by atoms with Crippen LogP contribution in [0, 0.1) is 19.8 Å². The number of carbonyl (C=O) groups is 2. The maximum Gasteiger partial charge on any atom is 0.229 e. The Bertz CT molecular complexity index is 2080. The lowest BCUT2D eigenvalue weighted by Crippen LogP contribution is -2.67. The first-order chi connectivity index (χ1) is 32.8. The van der Waals surface area contributed by atoms with Crippen molar-refractivity contribution in [2.75, 3.05) is 26.4 Å². The molecule has 23 nitrogen and oxygen atoms in total. The molecule has 0 spiro atoms. The van der Waals surface area contributed by atoms with E-state index in [-0.39, 0.29) is 5.75 Å². The van der Waals surface area contributed by atoms with Crippen LogP contribution >= 0.6 is 0 Å². The predicted octanol–water partition coefficient (Wildman–Crippen LogP) is -4.16. The van der Waals surface area contributed by atoms with Gasteiger partial charge in [0.1, 0.15) is 97.0 Å². The number of ketones is 2. The van der Waals surface area contributed by atoms with E-state index in [1.807, 2.05) is 0 Å². The summed E-state index contributed by atoms with van der Waals surface area (Å²) >= 11 is 0. The van der Waals surface area contributed by atoms with Gasteiger partial charge in [-0.1, -0.05) is 31.2 Å². The van der Waals surface area contributed by atoms with Gasteiger partial charge in [0.05, 0.1) is 39.0 Å². The Labute approximate surface area is 395 Å². The van der Waals surface area contributed by atoms with Crippen molar-refractivity contribution in [1.29, 1.82) is 0 Å². The second kappa shape index (κ2) is 24.0. The van der Waals surface area contributed by atoms with Gasteiger partial charge in [-0.2, -0.15) is 0 Å². The Kier molecular flexibility index (Phi) is 18.9. The number of aryl methyl sites for hydroxylation is 2. The Morgan fingerprint density at radius 2 is 0.870 bits per heavy atom. The first-order valence-corrected chi connectivity index (χ1v) is 22.3. The summed E-state index contributed by atoms with van der Waals surface area (Å²) in [6.07, 6.45) is -25.5. The second-order valence-corrected chi connectivity index (χ2v) is 17.4. The first kappa shape index (κ1) is 54.4. The molecule has 23 heteroatoms. The summed E-state index contributed by atoms with van der Waals surface area (Å²) < 4.78 is 45.3. The van der Waals surface area contributed by atoms with Crippen molar-refractivity contribution in [1.82, 2.24) is 0 Å². The minimum Gasteiger partial charge on any atom is -0.462 e. The van der Waals surface area contributed by atoms with Gasteiger partial charge in [-0.25, -0.2) is 0 Å². The molecule has 2 aromatic rings. The van der Waals surface area contributed by atoms with Crippen molar-refractivity contribution < 1.29 is 114 Å². The molecule has 4 fully saturated rings. The van der Waals surface area contributed by atoms with Crippen LogP contribution in [0.15, 0.2) is 48.6 Å². The van der Waals surface area contributed by atoms with Crippen molar-refractivity contribution >= 4 is 23.7 Å². The van der Waals surface area contributed by atoms with Crippen LogP contribution in [-0.2, 0) is 38.0 Å². The Morgan fingerprint density at radius 3 is 1.30 bits per heavy atom. The summed E-state index contributed by atoms with van der Waals surface area (Å²) in [7, 11) is 0. The van der Waals surface area contributed by atoms with Gasteiger partial charge in [0.15, 0.2) is 24.1 Å². The Balaban J connectivity index is 1.04. The zero-order chi connectivity index (χ0) is 50.4. The van der Waals surface area contributed by atoms with E-state index in [9.17, 15) is 76.0 Å². The molecule has 4 aliphatic heterocycles. The molecule has 4 saturated heterocycles. The van der Waals surface area contributed by atoms with Crippen molar-refractivity contribution in [3.8, 4) is 11.5 Å². The molecule has 4 heterocycles. The molecule has 2 aromatic carbocycles. The third-order valence-corrected chi connectivity index (χ3v) is 12.5. The van der Waals surface area contributed by atoms with E-state index < -0.39 is 167 Å². The van der Waals surface area contributed by atoms with Crippen LogP contribution in [0.2, 0.25) is 0 Å². The third-order valence-electron chi connectivity index (χ3n) is 12.5. The lowest BCUT2D eigenvalue weighted by Gasteiger charge is -2.48. The first-order valence-electron chi connectivity index (χ1n) is 22.3. The number of benzene rings is 2. The van der Waals surface area contributed by atoms with Gasteiger partial charge in [0.25, 0.3) is 0 Å². The maximum atomic E-state index is 12.7. The molecule has 0 amide bonds. The molecule has 0 aliphatic carbocycles. The molecule has 0 unspecified atom stereocenters. The lowest BCUT2D eigenvalue weighted by molar-refractivity contribution is -0.378. The average Bonchev–Trinajstić information content (AvgIpc) is 3.33. The van der Waals surface area contributed by atoms with Crippen molar-refractivity contribution in [3.05, 3.63) is 70.8 Å². The molecule has 0 bridgehead atoms. The van der Waals surface area contributed by atoms with Crippen LogP contribution in [0.1, 0.15) is 35.6 Å². The molecule has 6 rings (SSSR count). The highest BCUT2D eigenvalue weighted by molar-refractivity contribution is 6.10. The molecule has 0 radical (unpaired) electrons. The normalized spacial score (nSPS) is 38.6. The molecule has 69 heavy (non-hydrogen) atoms. The minimum atomic E-state index is -2.01. The molecule has 0 aromatic heterocycles. The fourth-order valence-corrected chi connectivity index (χ4v) is 8.23. The summed E-state index contributed by atoms with van der Waals surface area (Å²) in [6, 6.07) is 9.66. The Hall–Kier alpha value is -3.90. The van der Waals surface area contributed by atoms with Crippen LogP contribution in [0.5, 0.6) is 11.5 Å². The number of hydrogen-bond donors (Lipinski definition) is 13. The van der Waals surface area contributed by atoms with Gasteiger partial charge in [0.2, 0.25) is 12.6 Å². The molecule has 384 valence electrons. The molecular weight excluding hydrogens is 920 g/mol. The zero-order valence-electron chi connectivity index (χ0n) is 37.8. The fourth-order valence-electron chi connectivity index (χ4n) is 8.23. The highest BCUT2D eigenvalue weighted by Gasteiger charge is 2.54. The van der Waals surface area contributed by atoms with Gasteiger partial charge < -0.3 is 104 Å². The van der Waals surface area contributed by atoms with Crippen molar-refractivity contribution in [3.63, 3.8) is 0 Å². The SMILES string of the molecule is Cc1cc(/C=C/C(=O)CC(=O)/C=C/c2ccc(O[C@@H]3O[C@H](CO)[C@@H](O)[C@H](O[C@@H]4O[C@H](CO)[C@@H](O)[C@H](O[C@@H]5O[C@H](CO)[C@@H](O)[C@H](O)[C@H]5O)[C@H]4O)[C@H]3O)c(C)c2)ccc1O[C@@H]1O[C@H](CO)[C@@H](O)[C@H](C)[C@H]1O. The quantitative estimate of drug-likeness (QED) is 0.0498. The van der Waals surface area contributed by atoms with Crippen LogP contribution in [0.4, 0.5) is 0 Å². The van der Waals surface area contributed by atoms with E-state index in [1.54, 1.807) is 51.1 Å². The fraction of sp³-hybridized carbons (Fsp3) is 0.609. The van der Waals surface area contributed by atoms with Gasteiger partial charge in [-0.3, -0.25) is 9.59 Å². The van der Waals surface area contributed by atoms with E-state index in [4.69, 9.17) is 37.9 Å². The van der Waals surface area contributed by atoms with Crippen LogP contribution in [0.25, 0.3) is 12.2 Å². The summed E-state index contributed by atoms with van der Waals surface area (Å²) in [4.78, 5) is 25.4. The number of aliphatic hydroxyl groups is 13. The third kappa shape index (κ3) is 12.6. The van der Waals surface area contributed by atoms with E-state index in [0.29, 0.717) is 28.0 Å². The number of carbonyl (C=O) groups excluding carboxylic acids is 2. The van der Waals surface area contributed by atoms with Crippen molar-refractivity contribution in [2.45, 2.75) is 144 Å². The number of ether oxygens (including phenoxy) is 8. The van der Waals surface area contributed by atoms with Gasteiger partial charge in [-0.15, -0.1) is 0 Å². The van der Waals surface area contributed by atoms with Gasteiger partial charge >= 0.3 is 0 Å². The molecule has 0 saturated carbocycles. The predicted molar refractivity (Wildman–Crippen MR) is 232 cm³/mol. The van der Waals surface area contributed by atoms with Gasteiger partial charge in [-0.05, 0) is 72.5 Å². The largest absolute Gasteiger partial charge is 0.462 e. The number of allylic oxidation sites excluding steroid dienone is 2. The summed E-state index contributed by atoms with van der Waals surface area (Å²) in [6.45, 7) is 2.06. The van der Waals surface area contributed by atoms with Crippen LogP contribution < -0.4 is 9.47 Å². The smallest absolute Gasteiger partial charge is 0.229 e. The topological polar surface area (TPSA) is 371 Å². The average molecular weight is 983 g/mol. The molecule has 13 N–H and O–H groups in total. The molecule has 20 atom stereocenters. The van der Waals surface area contributed by atoms with Gasteiger partial charge in [0, 0.05) is 5.92 Å². The number of rotatable bonds is 18. The lowest BCUT2D eigenvalue weighted by atomic mass is 9.91. The maximum absolute atomic E-state index is 12.7. The zero-order valence-corrected chi connectivity index (χ0v) is 37.8. The molecule has 4 aliphatic rings. The standard InChI is InChI=1S/C46H62O23/c1-19-12-22(6-10-26(19)62-43-33(54)21(3)32(53)28(15-47)64-43)4-8-24(51)14-25(52)9-5-23-7-11-27(20(2)13-23)63-45-39(60)41(35(56)30(17-49)66-45)69-46-40(61)42(36(57)31(18-50)67-46)68-44-38(59)37(58)34(55)29(16-48)65-44/h4-13,21,28-50,53-61H,14-18H2,1-3H3/b8-4+,9-5+/t21-,28+,29+,30+,31+,32-,33+,34+,35+,36+,37-,38+,39+,40+,41-,42-,43+,44-,45+,46-/m0/s1. The molecular formula is C46H62O23. The summed E-state index contributed by atoms with van der Waals surface area (Å²) in [5, 5.41) is 135. The van der Waals surface area contributed by atoms with E-state index >= 15 is 0 Å². The summed E-state index contributed by atoms with van der Waals surface area (Å²) in [5.41, 5.74) is 2.26. The van der Waals surface area contributed by atoms with Crippen molar-refractivity contribution in [2.24, 2.45) is 5.92 Å². The van der Waals surface area contributed by atoms with E-state index in [0.717, 1.165) is 0 Å². The Morgan fingerprint density at radius 1 is 0.493 bits per heavy atom. The number of aliphatic hydroxyl groups excluding tert-OH is 13. The van der Waals surface area contributed by atoms with Crippen LogP contribution in [-0.4, -0.2) is 221 Å². The van der Waals surface area contributed by atoms with E-state index in [1.165, 1.54) is 30.4 Å². The summed E-state index contributed by atoms with van der Waals surface area (Å²) in [5.74, 6) is -1.05. The second-order valence-electron chi connectivity index (χ2n) is 17.4.